The second-order valence-electron chi connectivity index (χ2n) is 5.81. The molecule has 4 aromatic rings. The van der Waals surface area contributed by atoms with Crippen molar-refractivity contribution >= 4 is 38.9 Å². The molecular formula is C18H11N5O7. The number of non-ortho nitro benzene ring substituents is 1. The summed E-state index contributed by atoms with van der Waals surface area (Å²) in [7, 11) is 0. The maximum Gasteiger partial charge on any atom is 0.324 e. The van der Waals surface area contributed by atoms with Crippen LogP contribution in [0.3, 0.4) is 0 Å². The molecule has 0 unspecified atom stereocenters. The fraction of sp³-hybridized carbons (Fsp3) is 0. The number of fused-ring (bicyclic) bond motifs is 3. The maximum atomic E-state index is 10.4. The minimum Gasteiger partial charge on any atom is -0.497 e. The molecule has 12 heteroatoms. The molecule has 0 aliphatic rings. The molecule has 0 aliphatic carbocycles. The molecule has 12 nitrogen and oxygen atoms in total. The molecule has 0 amide bonds. The van der Waals surface area contributed by atoms with Gasteiger partial charge in [-0.25, -0.2) is 0 Å². The van der Waals surface area contributed by atoms with Crippen molar-refractivity contribution in [2.75, 3.05) is 0 Å². The second-order valence-corrected chi connectivity index (χ2v) is 5.81. The second kappa shape index (κ2) is 8.10. The summed E-state index contributed by atoms with van der Waals surface area (Å²) < 4.78 is 0. The van der Waals surface area contributed by atoms with E-state index in [1.807, 2.05) is 24.4 Å². The van der Waals surface area contributed by atoms with Gasteiger partial charge in [-0.2, -0.15) is 0 Å². The van der Waals surface area contributed by atoms with Crippen LogP contribution in [0.15, 0.2) is 60.9 Å². The molecule has 2 heterocycles. The van der Waals surface area contributed by atoms with Crippen molar-refractivity contribution < 1.29 is 19.9 Å². The molecule has 0 fully saturated rings. The topological polar surface area (TPSA) is 175 Å². The van der Waals surface area contributed by atoms with Crippen LogP contribution in [0.25, 0.3) is 21.8 Å². The highest BCUT2D eigenvalue weighted by molar-refractivity contribution is 6.03. The highest BCUT2D eigenvalue weighted by atomic mass is 16.6. The molecule has 0 radical (unpaired) electrons. The monoisotopic (exact) mass is 409 g/mol. The van der Waals surface area contributed by atoms with Crippen molar-refractivity contribution in [1.82, 2.24) is 9.97 Å². The van der Waals surface area contributed by atoms with E-state index in [1.165, 1.54) is 0 Å². The Morgan fingerprint density at radius 2 is 1.37 bits per heavy atom. The maximum absolute atomic E-state index is 10.4. The molecule has 0 spiro atoms. The third-order valence-electron chi connectivity index (χ3n) is 4.01. The lowest BCUT2D eigenvalue weighted by atomic mass is 10.1. The summed E-state index contributed by atoms with van der Waals surface area (Å²) in [6.45, 7) is 0. The summed E-state index contributed by atoms with van der Waals surface area (Å²) in [4.78, 5) is 36.4. The first-order valence-electron chi connectivity index (χ1n) is 8.18. The van der Waals surface area contributed by atoms with Gasteiger partial charge in [0, 0.05) is 23.2 Å². The number of aromatic nitrogens is 2. The quantitative estimate of drug-likeness (QED) is 0.298. The van der Waals surface area contributed by atoms with Crippen molar-refractivity contribution in [3.8, 4) is 5.75 Å². The number of phenolic OH excluding ortho intramolecular Hbond substituents is 1. The van der Waals surface area contributed by atoms with Crippen LogP contribution in [-0.4, -0.2) is 29.8 Å². The van der Waals surface area contributed by atoms with E-state index in [4.69, 9.17) is 5.11 Å². The van der Waals surface area contributed by atoms with Crippen molar-refractivity contribution in [2.24, 2.45) is 0 Å². The van der Waals surface area contributed by atoms with Gasteiger partial charge in [-0.05, 0) is 24.3 Å². The van der Waals surface area contributed by atoms with Gasteiger partial charge in [0.2, 0.25) is 0 Å². The SMILES string of the molecule is O=[N+]([O-])c1cc([N+](=O)[O-])c(O)c([N+](=O)[O-])c1.c1cnc2c(c1)ccc1ncccc12. The van der Waals surface area contributed by atoms with Gasteiger partial charge in [0.1, 0.15) is 0 Å². The minimum absolute atomic E-state index is 0.447. The van der Waals surface area contributed by atoms with Crippen LogP contribution in [0.5, 0.6) is 5.75 Å². The largest absolute Gasteiger partial charge is 0.497 e. The zero-order valence-electron chi connectivity index (χ0n) is 14.9. The van der Waals surface area contributed by atoms with E-state index in [-0.39, 0.29) is 0 Å². The number of benzene rings is 2. The van der Waals surface area contributed by atoms with Gasteiger partial charge in [-0.1, -0.05) is 12.1 Å². The summed E-state index contributed by atoms with van der Waals surface area (Å²) >= 11 is 0. The van der Waals surface area contributed by atoms with E-state index in [1.54, 1.807) is 6.20 Å². The summed E-state index contributed by atoms with van der Waals surface area (Å²) in [6, 6.07) is 13.0. The molecule has 0 saturated heterocycles. The molecule has 2 aromatic heterocycles. The van der Waals surface area contributed by atoms with E-state index in [2.05, 4.69) is 28.2 Å². The van der Waals surface area contributed by atoms with Crippen molar-refractivity contribution in [3.63, 3.8) is 0 Å². The van der Waals surface area contributed by atoms with Gasteiger partial charge in [-0.3, -0.25) is 40.3 Å². The Balaban J connectivity index is 0.000000171. The summed E-state index contributed by atoms with van der Waals surface area (Å²) in [5.74, 6) is -1.21. The summed E-state index contributed by atoms with van der Waals surface area (Å²) in [6.07, 6.45) is 3.62. The van der Waals surface area contributed by atoms with Crippen LogP contribution < -0.4 is 0 Å². The van der Waals surface area contributed by atoms with E-state index >= 15 is 0 Å². The predicted molar refractivity (Wildman–Crippen MR) is 105 cm³/mol. The number of aromatic hydroxyl groups is 1. The van der Waals surface area contributed by atoms with Crippen molar-refractivity contribution in [2.45, 2.75) is 0 Å². The minimum atomic E-state index is -1.21. The Morgan fingerprint density at radius 3 is 1.97 bits per heavy atom. The first kappa shape index (κ1) is 20.0. The smallest absolute Gasteiger partial charge is 0.324 e. The number of nitro benzene ring substituents is 3. The van der Waals surface area contributed by atoms with E-state index in [9.17, 15) is 30.3 Å². The van der Waals surface area contributed by atoms with Gasteiger partial charge in [0.05, 0.1) is 37.9 Å². The normalized spacial score (nSPS) is 10.3. The predicted octanol–water partition coefficient (Wildman–Crippen LogP) is 3.90. The van der Waals surface area contributed by atoms with Crippen LogP contribution in [0.1, 0.15) is 0 Å². The van der Waals surface area contributed by atoms with Crippen molar-refractivity contribution in [1.29, 1.82) is 0 Å². The van der Waals surface area contributed by atoms with Crippen LogP contribution in [-0.2, 0) is 0 Å². The van der Waals surface area contributed by atoms with E-state index in [0.717, 1.165) is 21.8 Å². The number of rotatable bonds is 3. The standard InChI is InChI=1S/C12H8N2.C6H3N3O7/c1-3-9-5-6-11-10(4-2-7-13-11)12(9)14-8-1;10-6-4(8(13)14)1-3(7(11)12)2-5(6)9(15)16/h1-8H;1-2,10H. The number of hydrogen-bond acceptors (Lipinski definition) is 9. The fourth-order valence-corrected chi connectivity index (χ4v) is 2.67. The number of phenols is 1. The van der Waals surface area contributed by atoms with E-state index in [0.29, 0.717) is 12.1 Å². The van der Waals surface area contributed by atoms with Gasteiger partial charge < -0.3 is 5.11 Å². The zero-order chi connectivity index (χ0) is 21.8. The van der Waals surface area contributed by atoms with E-state index < -0.39 is 37.6 Å². The number of hydrogen-bond donors (Lipinski definition) is 1. The van der Waals surface area contributed by atoms with Crippen LogP contribution >= 0.6 is 0 Å². The lowest BCUT2D eigenvalue weighted by Gasteiger charge is -2.00. The van der Waals surface area contributed by atoms with Crippen LogP contribution in [0.4, 0.5) is 17.1 Å². The first-order chi connectivity index (χ1) is 14.3. The van der Waals surface area contributed by atoms with Gasteiger partial charge >= 0.3 is 11.4 Å². The Hall–Kier alpha value is -4.74. The average Bonchev–Trinajstić information content (AvgIpc) is 2.73. The lowest BCUT2D eigenvalue weighted by molar-refractivity contribution is -0.404. The van der Waals surface area contributed by atoms with Crippen LogP contribution in [0, 0.1) is 30.3 Å². The Bertz CT molecular complexity index is 1220. The number of nitro groups is 3. The molecule has 30 heavy (non-hydrogen) atoms. The highest BCUT2D eigenvalue weighted by Crippen LogP contribution is 2.38. The molecule has 0 aliphatic heterocycles. The highest BCUT2D eigenvalue weighted by Gasteiger charge is 2.30. The Labute approximate surface area is 166 Å². The molecule has 0 saturated carbocycles. The van der Waals surface area contributed by atoms with Gasteiger partial charge in [-0.15, -0.1) is 0 Å². The molecular weight excluding hydrogens is 398 g/mol. The molecule has 0 atom stereocenters. The van der Waals surface area contributed by atoms with Crippen molar-refractivity contribution in [3.05, 3.63) is 91.3 Å². The fourth-order valence-electron chi connectivity index (χ4n) is 2.67. The number of nitrogens with zero attached hydrogens (tertiary/aromatic N) is 5. The first-order valence-corrected chi connectivity index (χ1v) is 8.18. The lowest BCUT2D eigenvalue weighted by Crippen LogP contribution is -1.97. The van der Waals surface area contributed by atoms with Gasteiger partial charge in [0.15, 0.2) is 0 Å². The Morgan fingerprint density at radius 1 is 0.767 bits per heavy atom. The molecule has 4 rings (SSSR count). The van der Waals surface area contributed by atoms with Crippen LogP contribution in [0.2, 0.25) is 0 Å². The third-order valence-corrected chi connectivity index (χ3v) is 4.01. The van der Waals surface area contributed by atoms with Gasteiger partial charge in [0.25, 0.3) is 11.4 Å². The number of pyridine rings is 2. The molecule has 0 bridgehead atoms. The summed E-state index contributed by atoms with van der Waals surface area (Å²) in [5, 5.41) is 42.5. The summed E-state index contributed by atoms with van der Waals surface area (Å²) in [5.41, 5.74) is -0.977. The third kappa shape index (κ3) is 3.91. The average molecular weight is 409 g/mol. The molecule has 2 aromatic carbocycles. The molecule has 1 N–H and O–H groups in total. The molecule has 150 valence electrons. The zero-order valence-corrected chi connectivity index (χ0v) is 14.9. The Kier molecular flexibility index (Phi) is 5.40.